The normalized spacial score (nSPS) is 12.8. The van der Waals surface area contributed by atoms with Gasteiger partial charge in [-0.2, -0.15) is 0 Å². The van der Waals surface area contributed by atoms with Gasteiger partial charge in [0, 0.05) is 32.5 Å². The van der Waals surface area contributed by atoms with Gasteiger partial charge in [0.1, 0.15) is 19.0 Å². The molecule has 0 unspecified atom stereocenters. The van der Waals surface area contributed by atoms with E-state index in [4.69, 9.17) is 24.7 Å². The van der Waals surface area contributed by atoms with Gasteiger partial charge in [-0.15, -0.1) is 0 Å². The molecule has 0 fully saturated rings. The molecule has 2 atom stereocenters. The van der Waals surface area contributed by atoms with Crippen molar-refractivity contribution in [3.63, 3.8) is 0 Å². The van der Waals surface area contributed by atoms with Crippen molar-refractivity contribution >= 4 is 23.4 Å². The number of carboxylic acid groups (broad SMARTS) is 1. The van der Waals surface area contributed by atoms with Crippen LogP contribution in [0.2, 0.25) is 0 Å². The minimum atomic E-state index is -1.01. The molecule has 0 saturated heterocycles. The van der Waals surface area contributed by atoms with E-state index < -0.39 is 17.9 Å². The molecule has 210 valence electrons. The van der Waals surface area contributed by atoms with Gasteiger partial charge in [0.2, 0.25) is 5.91 Å². The second-order valence-corrected chi connectivity index (χ2v) is 8.42. The second kappa shape index (κ2) is 23.4. The summed E-state index contributed by atoms with van der Waals surface area (Å²) in [7, 11) is 1.85. The number of Topliss-reactive ketones (excluding diaryl/α,β-unsaturated/α-hetero) is 2. The maximum absolute atomic E-state index is 11.8. The van der Waals surface area contributed by atoms with Crippen molar-refractivity contribution in [3.05, 3.63) is 0 Å². The second-order valence-electron chi connectivity index (χ2n) is 8.42. The maximum atomic E-state index is 11.8. The van der Waals surface area contributed by atoms with E-state index >= 15 is 0 Å². The van der Waals surface area contributed by atoms with Gasteiger partial charge in [-0.05, 0) is 33.2 Å². The first-order chi connectivity index (χ1) is 17.3. The lowest BCUT2D eigenvalue weighted by Gasteiger charge is -2.13. The molecular weight excluding hydrogens is 474 g/mol. The van der Waals surface area contributed by atoms with Crippen LogP contribution in [0.5, 0.6) is 0 Å². The summed E-state index contributed by atoms with van der Waals surface area (Å²) < 4.78 is 21.2. The Bertz CT molecular complexity index is 618. The number of carbonyl (C=O) groups is 4. The molecule has 0 aromatic rings. The average molecular weight is 520 g/mol. The van der Waals surface area contributed by atoms with Gasteiger partial charge in [0.15, 0.2) is 5.78 Å². The molecule has 0 aromatic carbocycles. The fourth-order valence-corrected chi connectivity index (χ4v) is 2.94. The minimum absolute atomic E-state index is 0.0128. The van der Waals surface area contributed by atoms with Crippen LogP contribution in [0, 0.1) is 5.92 Å². The van der Waals surface area contributed by atoms with E-state index in [0.29, 0.717) is 71.7 Å². The zero-order chi connectivity index (χ0) is 27.0. The first-order valence-corrected chi connectivity index (χ1v) is 12.5. The van der Waals surface area contributed by atoms with Crippen LogP contribution in [0.4, 0.5) is 0 Å². The lowest BCUT2D eigenvalue weighted by Crippen LogP contribution is -2.31. The van der Waals surface area contributed by atoms with Crippen LogP contribution < -0.4 is 16.4 Å². The molecule has 0 heterocycles. The fraction of sp³-hybridized carbons (Fsp3) is 0.833. The highest BCUT2D eigenvalue weighted by Crippen LogP contribution is 2.14. The molecule has 1 amide bonds. The summed E-state index contributed by atoms with van der Waals surface area (Å²) >= 11 is 0. The average Bonchev–Trinajstić information content (AvgIpc) is 2.83. The number of amides is 1. The van der Waals surface area contributed by atoms with E-state index in [1.165, 1.54) is 6.92 Å². The lowest BCUT2D eigenvalue weighted by atomic mass is 9.94. The topological polar surface area (TPSA) is 176 Å². The highest BCUT2D eigenvalue weighted by molar-refractivity contribution is 5.87. The first kappa shape index (κ1) is 34.0. The molecule has 0 spiro atoms. The van der Waals surface area contributed by atoms with Crippen molar-refractivity contribution in [1.82, 2.24) is 10.6 Å². The van der Waals surface area contributed by atoms with E-state index in [0.717, 1.165) is 6.54 Å². The highest BCUT2D eigenvalue weighted by atomic mass is 16.5. The van der Waals surface area contributed by atoms with Crippen molar-refractivity contribution in [2.24, 2.45) is 11.7 Å². The molecule has 0 radical (unpaired) electrons. The van der Waals surface area contributed by atoms with Crippen LogP contribution in [0.1, 0.15) is 45.4 Å². The largest absolute Gasteiger partial charge is 0.481 e. The minimum Gasteiger partial charge on any atom is -0.481 e. The van der Waals surface area contributed by atoms with Crippen LogP contribution in [-0.2, 0) is 38.1 Å². The number of unbranched alkanes of at least 4 members (excludes halogenated alkanes) is 1. The Labute approximate surface area is 213 Å². The van der Waals surface area contributed by atoms with Crippen molar-refractivity contribution in [1.29, 1.82) is 0 Å². The molecule has 12 nitrogen and oxygen atoms in total. The van der Waals surface area contributed by atoms with Gasteiger partial charge in [-0.1, -0.05) is 6.42 Å². The third kappa shape index (κ3) is 21.3. The van der Waals surface area contributed by atoms with Crippen LogP contribution in [-0.4, -0.2) is 108 Å². The molecule has 36 heavy (non-hydrogen) atoms. The number of ether oxygens (including phenoxy) is 4. The van der Waals surface area contributed by atoms with E-state index in [1.54, 1.807) is 0 Å². The molecule has 0 bridgehead atoms. The van der Waals surface area contributed by atoms with Gasteiger partial charge >= 0.3 is 5.97 Å². The summed E-state index contributed by atoms with van der Waals surface area (Å²) in [6.07, 6.45) is 2.40. The molecule has 0 aliphatic heterocycles. The number of hydrogen-bond acceptors (Lipinski definition) is 10. The zero-order valence-electron chi connectivity index (χ0n) is 21.8. The van der Waals surface area contributed by atoms with E-state index in [1.807, 2.05) is 7.05 Å². The lowest BCUT2D eigenvalue weighted by molar-refractivity contribution is -0.144. The summed E-state index contributed by atoms with van der Waals surface area (Å²) in [5.41, 5.74) is 5.49. The van der Waals surface area contributed by atoms with E-state index in [9.17, 15) is 24.3 Å². The third-order valence-electron chi connectivity index (χ3n) is 5.09. The summed E-state index contributed by atoms with van der Waals surface area (Å²) in [5.74, 6) is -2.30. The molecule has 0 aliphatic carbocycles. The third-order valence-corrected chi connectivity index (χ3v) is 5.09. The Hall–Kier alpha value is -1.96. The molecule has 0 aromatic heterocycles. The van der Waals surface area contributed by atoms with Crippen LogP contribution >= 0.6 is 0 Å². The number of rotatable bonds is 26. The molecule has 5 N–H and O–H groups in total. The summed E-state index contributed by atoms with van der Waals surface area (Å²) in [5, 5.41) is 14.9. The fourth-order valence-electron chi connectivity index (χ4n) is 2.94. The van der Waals surface area contributed by atoms with E-state index in [-0.39, 0.29) is 43.7 Å². The number of nitrogens with one attached hydrogen (secondary N) is 2. The van der Waals surface area contributed by atoms with Crippen LogP contribution in [0.25, 0.3) is 0 Å². The Balaban J connectivity index is 3.55. The Kier molecular flexibility index (Phi) is 22.2. The van der Waals surface area contributed by atoms with Crippen molar-refractivity contribution in [3.8, 4) is 0 Å². The summed E-state index contributed by atoms with van der Waals surface area (Å²) in [6.45, 7) is 5.13. The Morgan fingerprint density at radius 1 is 0.833 bits per heavy atom. The quantitative estimate of drug-likeness (QED) is 0.112. The smallest absolute Gasteiger partial charge is 0.306 e. The first-order valence-electron chi connectivity index (χ1n) is 12.5. The van der Waals surface area contributed by atoms with Crippen LogP contribution in [0.3, 0.4) is 0 Å². The number of likely N-dealkylation sites (N-methyl/N-ethyl adjacent to an activating group) is 1. The van der Waals surface area contributed by atoms with Crippen molar-refractivity contribution in [2.45, 2.75) is 51.5 Å². The SMILES string of the molecule is CNCCOCCOCC(=O)CCCOCCOCC(=O)NCCCC[C@H](CC(=O)[C@H](C)N)C(=O)O. The predicted octanol–water partition coefficient (Wildman–Crippen LogP) is -0.0848. The van der Waals surface area contributed by atoms with Gasteiger partial charge in [-0.3, -0.25) is 19.2 Å². The molecule has 0 rings (SSSR count). The standard InChI is InChI=1S/C24H45N3O9/c1-19(25)22(29)16-20(24(31)32)6-3-4-8-27-23(30)18-36-15-12-33-10-5-7-21(28)17-35-14-13-34-11-9-26-2/h19-20,26H,3-18,25H2,1-2H3,(H,27,30)(H,31,32)/t19-,20+/m0/s1. The van der Waals surface area contributed by atoms with Gasteiger partial charge in [0.05, 0.1) is 45.0 Å². The maximum Gasteiger partial charge on any atom is 0.306 e. The summed E-state index contributed by atoms with van der Waals surface area (Å²) in [6, 6.07) is -0.671. The number of carboxylic acids is 1. The number of hydrogen-bond donors (Lipinski definition) is 4. The van der Waals surface area contributed by atoms with Gasteiger partial charge in [0.25, 0.3) is 0 Å². The van der Waals surface area contributed by atoms with Crippen LogP contribution in [0.15, 0.2) is 0 Å². The number of carbonyl (C=O) groups excluding carboxylic acids is 3. The number of ketones is 2. The number of aliphatic carboxylic acids is 1. The van der Waals surface area contributed by atoms with Gasteiger partial charge in [-0.25, -0.2) is 0 Å². The van der Waals surface area contributed by atoms with Crippen molar-refractivity contribution in [2.75, 3.05) is 73.0 Å². The Morgan fingerprint density at radius 2 is 1.47 bits per heavy atom. The van der Waals surface area contributed by atoms with Gasteiger partial charge < -0.3 is 40.4 Å². The molecule has 0 saturated carbocycles. The number of nitrogens with two attached hydrogens (primary N) is 1. The molecule has 12 heteroatoms. The molecule has 0 aliphatic rings. The highest BCUT2D eigenvalue weighted by Gasteiger charge is 2.22. The monoisotopic (exact) mass is 519 g/mol. The Morgan fingerprint density at radius 3 is 2.11 bits per heavy atom. The van der Waals surface area contributed by atoms with E-state index in [2.05, 4.69) is 10.6 Å². The zero-order valence-corrected chi connectivity index (χ0v) is 21.8. The molecular formula is C24H45N3O9. The van der Waals surface area contributed by atoms with Crippen molar-refractivity contribution < 1.29 is 43.2 Å². The predicted molar refractivity (Wildman–Crippen MR) is 133 cm³/mol. The summed E-state index contributed by atoms with van der Waals surface area (Å²) in [4.78, 5) is 46.4.